The molecule has 142 valence electrons. The Labute approximate surface area is 156 Å². The van der Waals surface area contributed by atoms with Gasteiger partial charge in [0.2, 0.25) is 11.8 Å². The summed E-state index contributed by atoms with van der Waals surface area (Å²) in [5, 5.41) is 5.93. The molecule has 1 aromatic carbocycles. The van der Waals surface area contributed by atoms with Gasteiger partial charge in [0.25, 0.3) is 0 Å². The number of rotatable bonds is 8. The molecule has 2 aliphatic rings. The van der Waals surface area contributed by atoms with Crippen LogP contribution in [-0.2, 0) is 16.0 Å². The highest BCUT2D eigenvalue weighted by Crippen LogP contribution is 2.26. The van der Waals surface area contributed by atoms with Gasteiger partial charge in [0.15, 0.2) is 0 Å². The van der Waals surface area contributed by atoms with E-state index in [2.05, 4.69) is 39.8 Å². The van der Waals surface area contributed by atoms with E-state index in [4.69, 9.17) is 0 Å². The monoisotopic (exact) mass is 357 g/mol. The Morgan fingerprint density at radius 3 is 2.69 bits per heavy atom. The molecule has 1 aromatic rings. The average molecular weight is 357 g/mol. The molecular formula is C21H31N3O2. The maximum Gasteiger partial charge on any atom is 0.237 e. The molecule has 2 amide bonds. The summed E-state index contributed by atoms with van der Waals surface area (Å²) in [5.74, 6) is 0.0112. The van der Waals surface area contributed by atoms with Crippen LogP contribution in [0.25, 0.3) is 0 Å². The molecule has 0 spiro atoms. The van der Waals surface area contributed by atoms with Crippen LogP contribution in [0.3, 0.4) is 0 Å². The fraction of sp³-hybridized carbons (Fsp3) is 0.619. The van der Waals surface area contributed by atoms with Crippen LogP contribution >= 0.6 is 0 Å². The molecule has 1 atom stereocenters. The average Bonchev–Trinajstić information content (AvgIpc) is 3.18. The smallest absolute Gasteiger partial charge is 0.237 e. The number of nitrogens with zero attached hydrogens (tertiary/aromatic N) is 1. The molecule has 0 bridgehead atoms. The first-order valence-corrected chi connectivity index (χ1v) is 10.1. The Hall–Kier alpha value is -1.88. The predicted molar refractivity (Wildman–Crippen MR) is 103 cm³/mol. The van der Waals surface area contributed by atoms with Crippen LogP contribution in [0.5, 0.6) is 0 Å². The van der Waals surface area contributed by atoms with Crippen molar-refractivity contribution < 1.29 is 9.59 Å². The number of unbranched alkanes of at least 4 members (excludes halogenated alkanes) is 1. The van der Waals surface area contributed by atoms with Crippen molar-refractivity contribution in [1.82, 2.24) is 15.5 Å². The number of carbonyl (C=O) groups excluding carboxylic acids is 2. The van der Waals surface area contributed by atoms with E-state index >= 15 is 0 Å². The second kappa shape index (κ2) is 9.72. The van der Waals surface area contributed by atoms with Crippen molar-refractivity contribution in [3.63, 3.8) is 0 Å². The molecule has 5 nitrogen and oxygen atoms in total. The molecule has 0 unspecified atom stereocenters. The molecule has 1 aliphatic carbocycles. The highest BCUT2D eigenvalue weighted by molar-refractivity contribution is 5.88. The summed E-state index contributed by atoms with van der Waals surface area (Å²) in [4.78, 5) is 26.9. The van der Waals surface area contributed by atoms with Gasteiger partial charge in [-0.25, -0.2) is 0 Å². The Morgan fingerprint density at radius 1 is 1.15 bits per heavy atom. The van der Waals surface area contributed by atoms with Crippen LogP contribution < -0.4 is 10.6 Å². The summed E-state index contributed by atoms with van der Waals surface area (Å²) >= 11 is 0. The molecule has 1 saturated carbocycles. The van der Waals surface area contributed by atoms with Gasteiger partial charge in [-0.15, -0.1) is 0 Å². The van der Waals surface area contributed by atoms with Gasteiger partial charge in [-0.1, -0.05) is 43.2 Å². The molecule has 0 radical (unpaired) electrons. The highest BCUT2D eigenvalue weighted by Gasteiger charge is 2.36. The first-order valence-electron chi connectivity index (χ1n) is 10.1. The zero-order chi connectivity index (χ0) is 18.2. The van der Waals surface area contributed by atoms with Crippen molar-refractivity contribution in [1.29, 1.82) is 0 Å². The standard InChI is InChI=1S/C21H31N3O2/c25-20(22-13-7-6-10-17-8-2-1-3-9-17)16-19-21(26)23-14-15-24(19)18-11-4-5-12-18/h1-3,8-9,18-19H,4-7,10-16H2,(H,22,25)(H,23,26)/t19-/m0/s1. The van der Waals surface area contributed by atoms with Crippen molar-refractivity contribution in [3.05, 3.63) is 35.9 Å². The Balaban J connectivity index is 1.39. The number of nitrogens with one attached hydrogen (secondary N) is 2. The first kappa shape index (κ1) is 18.9. The predicted octanol–water partition coefficient (Wildman–Crippen LogP) is 2.26. The second-order valence-electron chi connectivity index (χ2n) is 7.48. The van der Waals surface area contributed by atoms with Crippen molar-refractivity contribution in [2.75, 3.05) is 19.6 Å². The third-order valence-electron chi connectivity index (χ3n) is 5.60. The van der Waals surface area contributed by atoms with Crippen LogP contribution in [-0.4, -0.2) is 48.4 Å². The van der Waals surface area contributed by atoms with E-state index in [1.165, 1.54) is 18.4 Å². The number of piperazine rings is 1. The lowest BCUT2D eigenvalue weighted by Crippen LogP contribution is -2.59. The van der Waals surface area contributed by atoms with E-state index in [9.17, 15) is 9.59 Å². The fourth-order valence-electron chi connectivity index (χ4n) is 4.19. The normalized spacial score (nSPS) is 21.5. The van der Waals surface area contributed by atoms with Gasteiger partial charge in [-0.3, -0.25) is 14.5 Å². The van der Waals surface area contributed by atoms with Gasteiger partial charge in [-0.05, 0) is 37.7 Å². The number of amides is 2. The molecule has 1 saturated heterocycles. The first-order chi connectivity index (χ1) is 12.7. The SMILES string of the molecule is O=C(C[C@H]1C(=O)NCCN1C1CCCC1)NCCCCc1ccccc1. The topological polar surface area (TPSA) is 61.4 Å². The van der Waals surface area contributed by atoms with Gasteiger partial charge in [0.1, 0.15) is 0 Å². The molecule has 5 heteroatoms. The summed E-state index contributed by atoms with van der Waals surface area (Å²) in [6, 6.07) is 10.6. The largest absolute Gasteiger partial charge is 0.356 e. The van der Waals surface area contributed by atoms with Gasteiger partial charge in [-0.2, -0.15) is 0 Å². The molecule has 26 heavy (non-hydrogen) atoms. The highest BCUT2D eigenvalue weighted by atomic mass is 16.2. The summed E-state index contributed by atoms with van der Waals surface area (Å²) in [6.45, 7) is 2.25. The molecule has 2 N–H and O–H groups in total. The molecule has 1 heterocycles. The van der Waals surface area contributed by atoms with Crippen LogP contribution in [0, 0.1) is 0 Å². The van der Waals surface area contributed by atoms with Crippen LogP contribution in [0.15, 0.2) is 30.3 Å². The Bertz CT molecular complexity index is 584. The van der Waals surface area contributed by atoms with Crippen molar-refractivity contribution >= 4 is 11.8 Å². The van der Waals surface area contributed by atoms with E-state index < -0.39 is 0 Å². The third-order valence-corrected chi connectivity index (χ3v) is 5.60. The van der Waals surface area contributed by atoms with Crippen LogP contribution in [0.4, 0.5) is 0 Å². The molecule has 3 rings (SSSR count). The summed E-state index contributed by atoms with van der Waals surface area (Å²) < 4.78 is 0. The summed E-state index contributed by atoms with van der Waals surface area (Å²) in [7, 11) is 0. The number of benzene rings is 1. The fourth-order valence-corrected chi connectivity index (χ4v) is 4.19. The second-order valence-corrected chi connectivity index (χ2v) is 7.48. The van der Waals surface area contributed by atoms with E-state index in [0.717, 1.165) is 38.6 Å². The number of hydrogen-bond donors (Lipinski definition) is 2. The van der Waals surface area contributed by atoms with E-state index in [1.54, 1.807) is 0 Å². The maximum atomic E-state index is 12.3. The van der Waals surface area contributed by atoms with Crippen molar-refractivity contribution in [2.24, 2.45) is 0 Å². The number of aryl methyl sites for hydroxylation is 1. The summed E-state index contributed by atoms with van der Waals surface area (Å²) in [6.07, 6.45) is 8.13. The third kappa shape index (κ3) is 5.31. The lowest BCUT2D eigenvalue weighted by Gasteiger charge is -2.38. The van der Waals surface area contributed by atoms with Crippen molar-refractivity contribution in [3.8, 4) is 0 Å². The Morgan fingerprint density at radius 2 is 1.92 bits per heavy atom. The van der Waals surface area contributed by atoms with Gasteiger partial charge >= 0.3 is 0 Å². The van der Waals surface area contributed by atoms with E-state index in [1.807, 2.05) is 6.07 Å². The zero-order valence-corrected chi connectivity index (χ0v) is 15.6. The number of carbonyl (C=O) groups is 2. The summed E-state index contributed by atoms with van der Waals surface area (Å²) in [5.41, 5.74) is 1.34. The minimum Gasteiger partial charge on any atom is -0.356 e. The van der Waals surface area contributed by atoms with Crippen LogP contribution in [0.2, 0.25) is 0 Å². The molecular weight excluding hydrogens is 326 g/mol. The number of hydrogen-bond acceptors (Lipinski definition) is 3. The molecule has 2 fully saturated rings. The maximum absolute atomic E-state index is 12.3. The lowest BCUT2D eigenvalue weighted by atomic mass is 10.0. The van der Waals surface area contributed by atoms with E-state index in [0.29, 0.717) is 19.1 Å². The molecule has 1 aliphatic heterocycles. The Kier molecular flexibility index (Phi) is 7.06. The van der Waals surface area contributed by atoms with Gasteiger partial charge in [0, 0.05) is 25.7 Å². The van der Waals surface area contributed by atoms with Crippen molar-refractivity contribution in [2.45, 2.75) is 63.5 Å². The molecule has 0 aromatic heterocycles. The minimum absolute atomic E-state index is 0.00485. The van der Waals surface area contributed by atoms with E-state index in [-0.39, 0.29) is 24.3 Å². The van der Waals surface area contributed by atoms with Gasteiger partial charge in [0.05, 0.1) is 12.5 Å². The lowest BCUT2D eigenvalue weighted by molar-refractivity contribution is -0.135. The zero-order valence-electron chi connectivity index (χ0n) is 15.6. The minimum atomic E-state index is -0.295. The van der Waals surface area contributed by atoms with Crippen LogP contribution in [0.1, 0.15) is 50.5 Å². The van der Waals surface area contributed by atoms with Gasteiger partial charge < -0.3 is 10.6 Å². The quantitative estimate of drug-likeness (QED) is 0.702.